The Morgan fingerprint density at radius 1 is 0.857 bits per heavy atom. The minimum atomic E-state index is -0.291. The molecule has 6 nitrogen and oxygen atoms in total. The van der Waals surface area contributed by atoms with Gasteiger partial charge in [-0.2, -0.15) is 0 Å². The molecule has 0 spiro atoms. The minimum Gasteiger partial charge on any atom is -0.368 e. The van der Waals surface area contributed by atoms with Gasteiger partial charge in [-0.05, 0) is 67.2 Å². The molecule has 3 aromatic carbocycles. The number of anilines is 2. The average molecular weight is 485 g/mol. The standard InChI is InChI=1S/C28H28N4O2S/c1-21-7-10-23(11-8-21)27(34)32-19-17-31(18-20-32)25-14-12-24(13-15-25)29-28(35)30-26(33)16-9-22-5-3-2-4-6-22/h2-16H,17-20H2,1H3,(H2,29,30,33,35)/b16-9+. The van der Waals surface area contributed by atoms with Crippen LogP contribution in [0.3, 0.4) is 0 Å². The van der Waals surface area contributed by atoms with Gasteiger partial charge in [-0.25, -0.2) is 0 Å². The Labute approximate surface area is 211 Å². The number of thiocarbonyl (C=S) groups is 1. The van der Waals surface area contributed by atoms with E-state index in [0.29, 0.717) is 13.1 Å². The Bertz CT molecular complexity index is 1200. The Morgan fingerprint density at radius 2 is 1.51 bits per heavy atom. The molecular weight excluding hydrogens is 456 g/mol. The molecule has 0 atom stereocenters. The van der Waals surface area contributed by atoms with E-state index in [9.17, 15) is 9.59 Å². The van der Waals surface area contributed by atoms with Crippen LogP contribution in [0.2, 0.25) is 0 Å². The molecule has 1 aliphatic rings. The van der Waals surface area contributed by atoms with Crippen molar-refractivity contribution in [2.24, 2.45) is 0 Å². The maximum absolute atomic E-state index is 12.7. The van der Waals surface area contributed by atoms with E-state index in [-0.39, 0.29) is 16.9 Å². The van der Waals surface area contributed by atoms with E-state index < -0.39 is 0 Å². The summed E-state index contributed by atoms with van der Waals surface area (Å²) in [5.74, 6) is -0.209. The second-order valence-electron chi connectivity index (χ2n) is 8.38. The third-order valence-corrected chi connectivity index (χ3v) is 6.02. The molecule has 0 saturated carbocycles. The van der Waals surface area contributed by atoms with Crippen LogP contribution in [0.5, 0.6) is 0 Å². The summed E-state index contributed by atoms with van der Waals surface area (Å²) in [7, 11) is 0. The first-order chi connectivity index (χ1) is 17.0. The molecule has 0 aromatic heterocycles. The highest BCUT2D eigenvalue weighted by Gasteiger charge is 2.22. The highest BCUT2D eigenvalue weighted by molar-refractivity contribution is 7.80. The van der Waals surface area contributed by atoms with Gasteiger partial charge in [0.2, 0.25) is 5.91 Å². The topological polar surface area (TPSA) is 64.7 Å². The molecule has 0 bridgehead atoms. The van der Waals surface area contributed by atoms with Crippen LogP contribution in [-0.4, -0.2) is 48.0 Å². The van der Waals surface area contributed by atoms with Crippen molar-refractivity contribution in [3.05, 3.63) is 102 Å². The Balaban J connectivity index is 1.25. The molecule has 0 aliphatic carbocycles. The molecule has 35 heavy (non-hydrogen) atoms. The summed E-state index contributed by atoms with van der Waals surface area (Å²) in [4.78, 5) is 29.0. The number of hydrogen-bond acceptors (Lipinski definition) is 4. The summed E-state index contributed by atoms with van der Waals surface area (Å²) < 4.78 is 0. The van der Waals surface area contributed by atoms with E-state index in [1.54, 1.807) is 6.08 Å². The van der Waals surface area contributed by atoms with Crippen molar-refractivity contribution in [3.63, 3.8) is 0 Å². The first-order valence-electron chi connectivity index (χ1n) is 11.5. The number of piperazine rings is 1. The predicted molar refractivity (Wildman–Crippen MR) is 146 cm³/mol. The number of aryl methyl sites for hydroxylation is 1. The zero-order chi connectivity index (χ0) is 24.6. The minimum absolute atomic E-state index is 0.0818. The summed E-state index contributed by atoms with van der Waals surface area (Å²) in [5, 5.41) is 5.93. The van der Waals surface area contributed by atoms with Crippen molar-refractivity contribution >= 4 is 46.6 Å². The second kappa shape index (κ2) is 11.4. The molecule has 1 fully saturated rings. The van der Waals surface area contributed by atoms with Crippen molar-refractivity contribution in [1.29, 1.82) is 0 Å². The molecule has 7 heteroatoms. The van der Waals surface area contributed by atoms with Crippen molar-refractivity contribution < 1.29 is 9.59 Å². The van der Waals surface area contributed by atoms with Crippen LogP contribution < -0.4 is 15.5 Å². The van der Waals surface area contributed by atoms with Gasteiger partial charge in [-0.15, -0.1) is 0 Å². The van der Waals surface area contributed by atoms with Crippen molar-refractivity contribution in [2.45, 2.75) is 6.92 Å². The van der Waals surface area contributed by atoms with Crippen LogP contribution in [0.25, 0.3) is 6.08 Å². The maximum atomic E-state index is 12.7. The van der Waals surface area contributed by atoms with Crippen LogP contribution >= 0.6 is 12.2 Å². The molecule has 2 amide bonds. The molecule has 1 saturated heterocycles. The number of carbonyl (C=O) groups excluding carboxylic acids is 2. The molecule has 0 unspecified atom stereocenters. The van der Waals surface area contributed by atoms with Crippen molar-refractivity contribution in [2.75, 3.05) is 36.4 Å². The Kier molecular flexibility index (Phi) is 7.90. The molecular formula is C28H28N4O2S. The average Bonchev–Trinajstić information content (AvgIpc) is 2.89. The van der Waals surface area contributed by atoms with Gasteiger partial charge in [0.15, 0.2) is 5.11 Å². The number of nitrogens with zero attached hydrogens (tertiary/aromatic N) is 2. The third-order valence-electron chi connectivity index (χ3n) is 5.82. The van der Waals surface area contributed by atoms with E-state index in [0.717, 1.165) is 41.2 Å². The largest absolute Gasteiger partial charge is 0.368 e. The third kappa shape index (κ3) is 6.77. The summed E-state index contributed by atoms with van der Waals surface area (Å²) in [6.45, 7) is 4.92. The van der Waals surface area contributed by atoms with E-state index in [1.165, 1.54) is 6.08 Å². The molecule has 3 aromatic rings. The first-order valence-corrected chi connectivity index (χ1v) is 11.9. The number of amides is 2. The fourth-order valence-electron chi connectivity index (χ4n) is 3.85. The molecule has 1 heterocycles. The van der Waals surface area contributed by atoms with Gasteiger partial charge < -0.3 is 15.1 Å². The zero-order valence-corrected chi connectivity index (χ0v) is 20.4. The quantitative estimate of drug-likeness (QED) is 0.413. The van der Waals surface area contributed by atoms with E-state index in [1.807, 2.05) is 90.7 Å². The van der Waals surface area contributed by atoms with Gasteiger partial charge in [0.1, 0.15) is 0 Å². The lowest BCUT2D eigenvalue weighted by molar-refractivity contribution is -0.115. The number of rotatable bonds is 5. The van der Waals surface area contributed by atoms with Crippen LogP contribution in [0.15, 0.2) is 84.9 Å². The fourth-order valence-corrected chi connectivity index (χ4v) is 4.07. The lowest BCUT2D eigenvalue weighted by atomic mass is 10.1. The molecule has 0 radical (unpaired) electrons. The smallest absolute Gasteiger partial charge is 0.253 e. The van der Waals surface area contributed by atoms with Gasteiger partial charge in [0, 0.05) is 49.2 Å². The van der Waals surface area contributed by atoms with Gasteiger partial charge >= 0.3 is 0 Å². The Hall–Kier alpha value is -3.97. The molecule has 2 N–H and O–H groups in total. The lowest BCUT2D eigenvalue weighted by Gasteiger charge is -2.36. The van der Waals surface area contributed by atoms with Crippen molar-refractivity contribution in [3.8, 4) is 0 Å². The first kappa shape index (κ1) is 24.2. The van der Waals surface area contributed by atoms with E-state index in [4.69, 9.17) is 12.2 Å². The predicted octanol–water partition coefficient (Wildman–Crippen LogP) is 4.48. The number of nitrogens with one attached hydrogen (secondary N) is 2. The molecule has 178 valence electrons. The van der Waals surface area contributed by atoms with E-state index in [2.05, 4.69) is 15.5 Å². The highest BCUT2D eigenvalue weighted by Crippen LogP contribution is 2.20. The number of hydrogen-bond donors (Lipinski definition) is 2. The van der Waals surface area contributed by atoms with E-state index >= 15 is 0 Å². The van der Waals surface area contributed by atoms with Crippen LogP contribution in [0, 0.1) is 6.92 Å². The van der Waals surface area contributed by atoms with Crippen LogP contribution in [0.1, 0.15) is 21.5 Å². The normalized spacial score (nSPS) is 13.5. The van der Waals surface area contributed by atoms with Crippen LogP contribution in [0.4, 0.5) is 11.4 Å². The van der Waals surface area contributed by atoms with Gasteiger partial charge in [-0.3, -0.25) is 14.9 Å². The maximum Gasteiger partial charge on any atom is 0.253 e. The van der Waals surface area contributed by atoms with Gasteiger partial charge in [-0.1, -0.05) is 48.0 Å². The summed E-state index contributed by atoms with van der Waals surface area (Å²) >= 11 is 5.26. The lowest BCUT2D eigenvalue weighted by Crippen LogP contribution is -2.48. The highest BCUT2D eigenvalue weighted by atomic mass is 32.1. The molecule has 4 rings (SSSR count). The fraction of sp³-hybridized carbons (Fsp3) is 0.179. The van der Waals surface area contributed by atoms with Gasteiger partial charge in [0.05, 0.1) is 0 Å². The summed E-state index contributed by atoms with van der Waals surface area (Å²) in [5.41, 5.74) is 4.70. The number of carbonyl (C=O) groups is 2. The summed E-state index contributed by atoms with van der Waals surface area (Å²) in [6.07, 6.45) is 3.19. The summed E-state index contributed by atoms with van der Waals surface area (Å²) in [6, 6.07) is 25.2. The van der Waals surface area contributed by atoms with Crippen molar-refractivity contribution in [1.82, 2.24) is 10.2 Å². The Morgan fingerprint density at radius 3 is 2.17 bits per heavy atom. The second-order valence-corrected chi connectivity index (χ2v) is 8.79. The monoisotopic (exact) mass is 484 g/mol. The van der Waals surface area contributed by atoms with Gasteiger partial charge in [0.25, 0.3) is 5.91 Å². The SMILES string of the molecule is Cc1ccc(C(=O)N2CCN(c3ccc(NC(=S)NC(=O)/C=C/c4ccccc4)cc3)CC2)cc1. The zero-order valence-electron chi connectivity index (χ0n) is 19.6. The molecule has 1 aliphatic heterocycles. The number of benzene rings is 3. The van der Waals surface area contributed by atoms with Crippen LogP contribution in [-0.2, 0) is 4.79 Å².